The first kappa shape index (κ1) is 65.8. The number of carbonyl (C=O) groups is 3. The fraction of sp³-hybridized carbons (Fsp3) is 0.762. The lowest BCUT2D eigenvalue weighted by atomic mass is 10.0. The average Bonchev–Trinajstić information content (AvgIpc) is 3.35. The Bertz CT molecular complexity index is 1290. The molecule has 0 fully saturated rings. The summed E-state index contributed by atoms with van der Waals surface area (Å²) in [6.07, 6.45) is 73.3. The van der Waals surface area contributed by atoms with Crippen LogP contribution in [0.4, 0.5) is 0 Å². The summed E-state index contributed by atoms with van der Waals surface area (Å²) in [5.41, 5.74) is 0. The van der Waals surface area contributed by atoms with Crippen molar-refractivity contribution in [2.24, 2.45) is 0 Å². The molecule has 0 spiro atoms. The fourth-order valence-corrected chi connectivity index (χ4v) is 8.35. The van der Waals surface area contributed by atoms with Crippen molar-refractivity contribution in [3.8, 4) is 0 Å². The lowest BCUT2D eigenvalue weighted by molar-refractivity contribution is -0.166. The van der Waals surface area contributed by atoms with Crippen LogP contribution < -0.4 is 0 Å². The Hall–Kier alpha value is -3.15. The highest BCUT2D eigenvalue weighted by atomic mass is 16.6. The van der Waals surface area contributed by atoms with E-state index in [4.69, 9.17) is 14.2 Å². The van der Waals surface area contributed by atoms with E-state index in [9.17, 15) is 14.4 Å². The summed E-state index contributed by atoms with van der Waals surface area (Å²) in [7, 11) is 0. The lowest BCUT2D eigenvalue weighted by Crippen LogP contribution is -2.30. The first-order valence-electron chi connectivity index (χ1n) is 29.4. The van der Waals surface area contributed by atoms with Crippen LogP contribution in [0.1, 0.15) is 290 Å². The molecular weight excluding hydrogens is 853 g/mol. The minimum absolute atomic E-state index is 0.0945. The van der Waals surface area contributed by atoms with Crippen LogP contribution >= 0.6 is 0 Å². The van der Waals surface area contributed by atoms with Crippen LogP contribution in [0.2, 0.25) is 0 Å². The summed E-state index contributed by atoms with van der Waals surface area (Å²) in [6, 6.07) is 0. The van der Waals surface area contributed by atoms with E-state index in [0.29, 0.717) is 19.3 Å². The second-order valence-electron chi connectivity index (χ2n) is 19.5. The van der Waals surface area contributed by atoms with Crippen molar-refractivity contribution in [3.63, 3.8) is 0 Å². The summed E-state index contributed by atoms with van der Waals surface area (Å²) in [5.74, 6) is -0.968. The third kappa shape index (κ3) is 55.6. The molecule has 0 amide bonds. The van der Waals surface area contributed by atoms with Crippen LogP contribution in [-0.4, -0.2) is 37.2 Å². The van der Waals surface area contributed by atoms with Gasteiger partial charge in [-0.25, -0.2) is 0 Å². The summed E-state index contributed by atoms with van der Waals surface area (Å²) in [4.78, 5) is 38.2. The van der Waals surface area contributed by atoms with Gasteiger partial charge in [0.2, 0.25) is 0 Å². The van der Waals surface area contributed by atoms with E-state index in [0.717, 1.165) is 77.0 Å². The molecule has 0 unspecified atom stereocenters. The highest BCUT2D eigenvalue weighted by molar-refractivity contribution is 5.71. The van der Waals surface area contributed by atoms with Gasteiger partial charge in [-0.15, -0.1) is 0 Å². The number of rotatable bonds is 53. The molecule has 0 rings (SSSR count). The summed E-state index contributed by atoms with van der Waals surface area (Å²) in [6.45, 7) is 6.50. The second kappa shape index (κ2) is 57.4. The van der Waals surface area contributed by atoms with Crippen molar-refractivity contribution in [1.29, 1.82) is 0 Å². The van der Waals surface area contributed by atoms with Gasteiger partial charge in [-0.2, -0.15) is 0 Å². The van der Waals surface area contributed by atoms with Gasteiger partial charge in [0.15, 0.2) is 6.10 Å². The Kier molecular flexibility index (Phi) is 54.8. The van der Waals surface area contributed by atoms with E-state index >= 15 is 0 Å². The van der Waals surface area contributed by atoms with Crippen LogP contribution in [0.15, 0.2) is 72.9 Å². The van der Waals surface area contributed by atoms with Crippen LogP contribution in [0.25, 0.3) is 0 Å². The van der Waals surface area contributed by atoms with Gasteiger partial charge in [0.25, 0.3) is 0 Å². The molecule has 0 aromatic heterocycles. The van der Waals surface area contributed by atoms with Crippen molar-refractivity contribution < 1.29 is 28.6 Å². The van der Waals surface area contributed by atoms with Gasteiger partial charge in [-0.05, 0) is 57.8 Å². The number of ether oxygens (including phenoxy) is 3. The number of hydrogen-bond donors (Lipinski definition) is 0. The lowest BCUT2D eigenvalue weighted by Gasteiger charge is -2.18. The van der Waals surface area contributed by atoms with Crippen LogP contribution in [0.5, 0.6) is 0 Å². The average molecular weight is 964 g/mol. The molecular formula is C63H110O6. The predicted octanol–water partition coefficient (Wildman–Crippen LogP) is 19.8. The van der Waals surface area contributed by atoms with E-state index in [-0.39, 0.29) is 37.5 Å². The van der Waals surface area contributed by atoms with E-state index in [1.807, 2.05) is 6.08 Å². The van der Waals surface area contributed by atoms with Crippen LogP contribution in [0.3, 0.4) is 0 Å². The zero-order valence-electron chi connectivity index (χ0n) is 45.6. The molecule has 0 saturated carbocycles. The molecule has 0 saturated heterocycles. The summed E-state index contributed by atoms with van der Waals surface area (Å²) in [5, 5.41) is 0. The van der Waals surface area contributed by atoms with E-state index in [1.165, 1.54) is 167 Å². The van der Waals surface area contributed by atoms with Gasteiger partial charge in [-0.1, -0.05) is 286 Å². The number of unbranched alkanes of at least 4 members (excludes halogenated alkanes) is 30. The van der Waals surface area contributed by atoms with Crippen molar-refractivity contribution in [1.82, 2.24) is 0 Å². The van der Waals surface area contributed by atoms with Crippen molar-refractivity contribution in [2.45, 2.75) is 297 Å². The maximum atomic E-state index is 12.9. The molecule has 0 N–H and O–H groups in total. The summed E-state index contributed by atoms with van der Waals surface area (Å²) >= 11 is 0. The minimum Gasteiger partial charge on any atom is -0.462 e. The Morgan fingerprint density at radius 3 is 0.884 bits per heavy atom. The topological polar surface area (TPSA) is 78.9 Å². The fourth-order valence-electron chi connectivity index (χ4n) is 8.35. The van der Waals surface area contributed by atoms with Gasteiger partial charge < -0.3 is 14.2 Å². The standard InChI is InChI=1S/C63H110O6/c1-4-7-10-13-16-19-22-25-28-30-31-33-35-38-41-44-47-50-53-56-62(65)68-59-60(58-67-61(64)55-52-49-46-43-40-37-34-27-24-21-18-15-12-9-6-3)69-63(66)57-54-51-48-45-42-39-36-32-29-26-23-20-17-14-11-8-5-2/h7,10,16,19,25,28,31,33,38,41,47,50,60H,4-6,8-9,11-15,17-18,20-24,26-27,29-30,32,34-37,39-40,42-46,48-49,51-59H2,1-3H3/b10-7+,19-16+,28-25+,33-31+,41-38+,50-47+/t60-/m1/s1. The Balaban J connectivity index is 4.46. The quantitative estimate of drug-likeness (QED) is 0.0262. The second-order valence-corrected chi connectivity index (χ2v) is 19.5. The van der Waals surface area contributed by atoms with Gasteiger partial charge in [0.1, 0.15) is 13.2 Å². The molecule has 0 aromatic carbocycles. The van der Waals surface area contributed by atoms with E-state index < -0.39 is 6.10 Å². The molecule has 0 radical (unpaired) electrons. The van der Waals surface area contributed by atoms with Gasteiger partial charge in [0.05, 0.1) is 0 Å². The smallest absolute Gasteiger partial charge is 0.306 e. The molecule has 0 aliphatic heterocycles. The first-order chi connectivity index (χ1) is 34.0. The highest BCUT2D eigenvalue weighted by Crippen LogP contribution is 2.17. The first-order valence-corrected chi connectivity index (χ1v) is 29.4. The largest absolute Gasteiger partial charge is 0.462 e. The van der Waals surface area contributed by atoms with Crippen LogP contribution in [0, 0.1) is 0 Å². The third-order valence-corrected chi connectivity index (χ3v) is 12.7. The minimum atomic E-state index is -0.803. The molecule has 6 heteroatoms. The normalized spacial score (nSPS) is 12.6. The van der Waals surface area contributed by atoms with E-state index in [2.05, 4.69) is 87.6 Å². The highest BCUT2D eigenvalue weighted by Gasteiger charge is 2.19. The SMILES string of the molecule is CC/C=C/C/C=C/C/C=C/C/C=C/C/C=C/C/C=C/CCC(=O)OC[C@@H](COC(=O)CCCCCCCCCCCCCCCCC)OC(=O)CCCCCCCCCCCCCCCCCCC. The maximum absolute atomic E-state index is 12.9. The van der Waals surface area contributed by atoms with E-state index in [1.54, 1.807) is 0 Å². The molecule has 398 valence electrons. The maximum Gasteiger partial charge on any atom is 0.306 e. The van der Waals surface area contributed by atoms with Gasteiger partial charge in [-0.3, -0.25) is 14.4 Å². The third-order valence-electron chi connectivity index (χ3n) is 12.7. The Morgan fingerprint density at radius 1 is 0.304 bits per heavy atom. The van der Waals surface area contributed by atoms with Gasteiger partial charge >= 0.3 is 17.9 Å². The number of allylic oxidation sites excluding steroid dienone is 12. The number of carbonyl (C=O) groups excluding carboxylic acids is 3. The number of esters is 3. The Morgan fingerprint density at radius 2 is 0.565 bits per heavy atom. The Labute approximate surface area is 427 Å². The zero-order chi connectivity index (χ0) is 50.0. The predicted molar refractivity (Wildman–Crippen MR) is 298 cm³/mol. The van der Waals surface area contributed by atoms with Crippen molar-refractivity contribution in [2.75, 3.05) is 13.2 Å². The zero-order valence-corrected chi connectivity index (χ0v) is 45.6. The molecule has 0 heterocycles. The summed E-state index contributed by atoms with van der Waals surface area (Å²) < 4.78 is 16.8. The van der Waals surface area contributed by atoms with Crippen molar-refractivity contribution in [3.05, 3.63) is 72.9 Å². The van der Waals surface area contributed by atoms with Gasteiger partial charge in [0, 0.05) is 19.3 Å². The molecule has 69 heavy (non-hydrogen) atoms. The van der Waals surface area contributed by atoms with Crippen LogP contribution in [-0.2, 0) is 28.6 Å². The van der Waals surface area contributed by atoms with Crippen molar-refractivity contribution >= 4 is 17.9 Å². The molecule has 0 aromatic rings. The molecule has 0 aliphatic rings. The molecule has 1 atom stereocenters. The molecule has 0 bridgehead atoms. The molecule has 0 aliphatic carbocycles. The molecule has 6 nitrogen and oxygen atoms in total. The number of hydrogen-bond acceptors (Lipinski definition) is 6. The monoisotopic (exact) mass is 963 g/mol.